The Kier molecular flexibility index (Phi) is 7.57. The summed E-state index contributed by atoms with van der Waals surface area (Å²) in [6, 6.07) is 23.0. The molecule has 6 nitrogen and oxygen atoms in total. The van der Waals surface area contributed by atoms with Crippen LogP contribution in [-0.4, -0.2) is 29.1 Å². The zero-order valence-electron chi connectivity index (χ0n) is 18.7. The first kappa shape index (κ1) is 24.7. The van der Waals surface area contributed by atoms with Crippen LogP contribution in [-0.2, 0) is 16.1 Å². The summed E-state index contributed by atoms with van der Waals surface area (Å²) in [7, 11) is 1.34. The molecule has 169 valence electrons. The molecule has 1 unspecified atom stereocenters. The van der Waals surface area contributed by atoms with Crippen molar-refractivity contribution in [1.82, 2.24) is 4.98 Å². The molecule has 1 fully saturated rings. The first-order valence-corrected chi connectivity index (χ1v) is 10.9. The number of carbonyl (C=O) groups is 2. The fourth-order valence-corrected chi connectivity index (χ4v) is 4.37. The topological polar surface area (TPSA) is 91.4 Å². The monoisotopic (exact) mass is 667 g/mol. The maximum Gasteiger partial charge on any atom is 0.338 e. The molecule has 2 atom stereocenters. The number of methoxy groups -OCH3 is 1. The molecule has 1 heterocycles. The van der Waals surface area contributed by atoms with E-state index in [1.165, 1.54) is 12.7 Å². The molecule has 1 aromatic heterocycles. The first-order chi connectivity index (χ1) is 16.1. The minimum atomic E-state index is -0.473. The minimum Gasteiger partial charge on any atom is -0.465 e. The van der Waals surface area contributed by atoms with Gasteiger partial charge in [-0.15, -0.1) is 0 Å². The molecule has 0 saturated heterocycles. The van der Waals surface area contributed by atoms with Crippen LogP contribution >= 0.6 is 0 Å². The van der Waals surface area contributed by atoms with Crippen LogP contribution < -0.4 is 5.32 Å². The summed E-state index contributed by atoms with van der Waals surface area (Å²) < 4.78 is 4.99. The zero-order chi connectivity index (χ0) is 22.9. The van der Waals surface area contributed by atoms with Gasteiger partial charge in [0.2, 0.25) is 5.91 Å². The van der Waals surface area contributed by atoms with Crippen molar-refractivity contribution in [1.29, 1.82) is 0 Å². The van der Waals surface area contributed by atoms with Gasteiger partial charge in [-0.1, -0.05) is 48.5 Å². The molecule has 3 aromatic carbocycles. The normalized spacial score (nSPS) is 16.5. The van der Waals surface area contributed by atoms with Crippen LogP contribution in [0.4, 0.5) is 5.69 Å². The molecule has 1 saturated carbocycles. The average Bonchev–Trinajstić information content (AvgIpc) is 3.55. The van der Waals surface area contributed by atoms with Crippen molar-refractivity contribution in [2.45, 2.75) is 18.9 Å². The average molecular weight is 667 g/mol. The number of esters is 1. The Bertz CT molecular complexity index is 1350. The molecule has 1 amide bonds. The van der Waals surface area contributed by atoms with Gasteiger partial charge in [0.15, 0.2) is 0 Å². The van der Waals surface area contributed by atoms with E-state index in [-0.39, 0.29) is 68.4 Å². The second-order valence-electron chi connectivity index (χ2n) is 8.37. The number of aromatic amines is 1. The van der Waals surface area contributed by atoms with E-state index in [1.54, 1.807) is 6.07 Å². The van der Waals surface area contributed by atoms with Crippen LogP contribution in [0.2, 0.25) is 0 Å². The summed E-state index contributed by atoms with van der Waals surface area (Å²) in [5.41, 5.74) is 5.30. The fraction of sp³-hybridized carbons (Fsp3) is 0.185. The van der Waals surface area contributed by atoms with Gasteiger partial charge in [0.05, 0.1) is 19.3 Å². The Morgan fingerprint density at radius 3 is 2.59 bits per heavy atom. The second kappa shape index (κ2) is 10.4. The van der Waals surface area contributed by atoms with Crippen molar-refractivity contribution < 1.29 is 63.5 Å². The van der Waals surface area contributed by atoms with E-state index < -0.39 is 5.97 Å². The summed E-state index contributed by atoms with van der Waals surface area (Å²) in [5.74, 6) is -0.378. The number of carbonyl (C=O) groups excluding carboxylic acids is 2. The molecule has 0 spiro atoms. The van der Waals surface area contributed by atoms with Crippen LogP contribution in [0.1, 0.15) is 33.8 Å². The van der Waals surface area contributed by atoms with Crippen molar-refractivity contribution in [3.05, 3.63) is 89.5 Å². The molecule has 3 N–H and O–H groups in total. The summed E-state index contributed by atoms with van der Waals surface area (Å²) in [5, 5.41) is 13.1. The Morgan fingerprint density at radius 1 is 1.06 bits per heavy atom. The number of rotatable bonds is 6. The molecule has 7 heteroatoms. The van der Waals surface area contributed by atoms with Gasteiger partial charge in [-0.25, -0.2) is 4.79 Å². The minimum absolute atomic E-state index is 0. The Morgan fingerprint density at radius 2 is 1.85 bits per heavy atom. The smallest absolute Gasteiger partial charge is 0.338 e. The van der Waals surface area contributed by atoms with Crippen molar-refractivity contribution in [3.8, 4) is 11.3 Å². The number of anilines is 1. The van der Waals surface area contributed by atoms with Gasteiger partial charge in [-0.2, -0.15) is 0 Å². The van der Waals surface area contributed by atoms with E-state index in [2.05, 4.69) is 10.3 Å². The number of amides is 1. The van der Waals surface area contributed by atoms with E-state index in [0.29, 0.717) is 22.2 Å². The molecule has 0 aliphatic heterocycles. The van der Waals surface area contributed by atoms with Crippen molar-refractivity contribution in [2.24, 2.45) is 5.92 Å². The predicted molar refractivity (Wildman–Crippen MR) is 127 cm³/mol. The largest absolute Gasteiger partial charge is 0.465 e. The number of benzene rings is 3. The van der Waals surface area contributed by atoms with Crippen molar-refractivity contribution in [2.75, 3.05) is 12.4 Å². The SMILES string of the molecule is COC(=O)c1cc(NC(=O)C2C[C@H]2c2ccccc2)cc2[nH]c(-c3cccc(CO)c3)cc12.[Ac]. The van der Waals surface area contributed by atoms with Gasteiger partial charge >= 0.3 is 5.97 Å². The van der Waals surface area contributed by atoms with Crippen LogP contribution in [0.25, 0.3) is 22.2 Å². The van der Waals surface area contributed by atoms with Crippen LogP contribution in [0.5, 0.6) is 0 Å². The van der Waals surface area contributed by atoms with Gasteiger partial charge in [0, 0.05) is 72.3 Å². The van der Waals surface area contributed by atoms with Crippen LogP contribution in [0, 0.1) is 50.0 Å². The molecule has 4 aromatic rings. The molecular weight excluding hydrogens is 643 g/mol. The van der Waals surface area contributed by atoms with Gasteiger partial charge in [-0.3, -0.25) is 4.79 Å². The van der Waals surface area contributed by atoms with Crippen molar-refractivity contribution >= 4 is 28.5 Å². The molecule has 1 radical (unpaired) electrons. The molecule has 0 bridgehead atoms. The molecule has 1 aliphatic carbocycles. The third-order valence-electron chi connectivity index (χ3n) is 6.19. The van der Waals surface area contributed by atoms with Crippen molar-refractivity contribution in [3.63, 3.8) is 0 Å². The fourth-order valence-electron chi connectivity index (χ4n) is 4.37. The van der Waals surface area contributed by atoms with E-state index >= 15 is 0 Å². The number of H-pyrrole nitrogens is 1. The number of ether oxygens (including phenoxy) is 1. The Labute approximate surface area is 233 Å². The van der Waals surface area contributed by atoms with E-state index in [0.717, 1.165) is 23.2 Å². The third kappa shape index (κ3) is 4.98. The van der Waals surface area contributed by atoms with Gasteiger partial charge in [0.25, 0.3) is 0 Å². The third-order valence-corrected chi connectivity index (χ3v) is 6.19. The Balaban J connectivity index is 0.00000274. The number of aliphatic hydroxyl groups excluding tert-OH is 1. The predicted octanol–water partition coefficient (Wildman–Crippen LogP) is 4.86. The van der Waals surface area contributed by atoms with Gasteiger partial charge in [0.1, 0.15) is 0 Å². The summed E-state index contributed by atoms with van der Waals surface area (Å²) in [4.78, 5) is 28.7. The van der Waals surface area contributed by atoms with E-state index in [9.17, 15) is 14.7 Å². The molecule has 5 rings (SSSR count). The Hall–Kier alpha value is -2.46. The maximum atomic E-state index is 12.9. The number of fused-ring (bicyclic) bond motifs is 1. The van der Waals surface area contributed by atoms with Crippen LogP contribution in [0.3, 0.4) is 0 Å². The van der Waals surface area contributed by atoms with Gasteiger partial charge in [-0.05, 0) is 53.3 Å². The standard InChI is InChI=1S/C27H24N2O4.Ac/c1-33-27(32)23-11-19(28-26(31)22-13-20(22)17-7-3-2-4-8-17)12-25-21(23)14-24(29-25)18-9-5-6-16(10-18)15-30;/h2-12,14,20,22,29-30H,13,15H2,1H3,(H,28,31);/t20-,22?;/m0./s1. The summed E-state index contributed by atoms with van der Waals surface area (Å²) in [6.07, 6.45) is 0.815. The zero-order valence-corrected chi connectivity index (χ0v) is 23.5. The first-order valence-electron chi connectivity index (χ1n) is 10.9. The quantitative estimate of drug-likeness (QED) is 0.257. The second-order valence-corrected chi connectivity index (χ2v) is 8.37. The molecule has 1 aliphatic rings. The number of aliphatic hydroxyl groups is 1. The number of hydrogen-bond acceptors (Lipinski definition) is 4. The maximum absolute atomic E-state index is 12.9. The van der Waals surface area contributed by atoms with E-state index in [1.807, 2.05) is 66.7 Å². The van der Waals surface area contributed by atoms with E-state index in [4.69, 9.17) is 4.74 Å². The molecule has 34 heavy (non-hydrogen) atoms. The number of nitrogens with one attached hydrogen (secondary N) is 2. The number of aromatic nitrogens is 1. The summed E-state index contributed by atoms with van der Waals surface area (Å²) in [6.45, 7) is -0.0528. The van der Waals surface area contributed by atoms with Gasteiger partial charge < -0.3 is 20.1 Å². The molecular formula is C27H24AcN2O4. The summed E-state index contributed by atoms with van der Waals surface area (Å²) >= 11 is 0. The number of hydrogen-bond donors (Lipinski definition) is 3. The van der Waals surface area contributed by atoms with Crippen LogP contribution in [0.15, 0.2) is 72.8 Å².